The van der Waals surface area contributed by atoms with Crippen LogP contribution in [0.2, 0.25) is 0 Å². The summed E-state index contributed by atoms with van der Waals surface area (Å²) in [5.41, 5.74) is 6.82. The van der Waals surface area contributed by atoms with E-state index in [-0.39, 0.29) is 12.4 Å². The summed E-state index contributed by atoms with van der Waals surface area (Å²) >= 11 is 0. The average Bonchev–Trinajstić information content (AvgIpc) is 2.37. The molecule has 2 atom stereocenters. The van der Waals surface area contributed by atoms with Crippen molar-refractivity contribution in [2.24, 2.45) is 5.73 Å². The molecule has 0 aromatic heterocycles. The van der Waals surface area contributed by atoms with Crippen molar-refractivity contribution in [1.82, 2.24) is 0 Å². The van der Waals surface area contributed by atoms with E-state index in [4.69, 9.17) is 15.2 Å². The standard InChI is InChI=1S/C13H21NO3.ClH/c1-4-5-11(15)13(14)10-7-6-9(16-2)8-12(10)17-3;/h6-8,11,13,15H,4-5,14H2,1-3H3;1H/t11-,13+;/m1./s1. The molecular weight excluding hydrogens is 254 g/mol. The van der Waals surface area contributed by atoms with Crippen molar-refractivity contribution in [3.05, 3.63) is 23.8 Å². The summed E-state index contributed by atoms with van der Waals surface area (Å²) in [4.78, 5) is 0. The van der Waals surface area contributed by atoms with Gasteiger partial charge in [-0.15, -0.1) is 12.4 Å². The van der Waals surface area contributed by atoms with E-state index in [1.54, 1.807) is 20.3 Å². The molecule has 0 aliphatic rings. The SMILES string of the molecule is CCC[C@@H](O)[C@@H](N)c1ccc(OC)cc1OC.Cl. The first-order chi connectivity index (χ1) is 8.13. The van der Waals surface area contributed by atoms with Crippen molar-refractivity contribution in [3.8, 4) is 11.5 Å². The van der Waals surface area contributed by atoms with E-state index in [1.165, 1.54) is 0 Å². The number of nitrogens with two attached hydrogens (primary N) is 1. The number of hydrogen-bond acceptors (Lipinski definition) is 4. The molecule has 0 bridgehead atoms. The molecule has 0 amide bonds. The molecule has 1 aromatic rings. The lowest BCUT2D eigenvalue weighted by Crippen LogP contribution is -2.26. The Kier molecular flexibility index (Phi) is 7.75. The largest absolute Gasteiger partial charge is 0.497 e. The Hall–Kier alpha value is -0.970. The predicted octanol–water partition coefficient (Wildman–Crippen LogP) is 2.29. The fourth-order valence-corrected chi connectivity index (χ4v) is 1.78. The topological polar surface area (TPSA) is 64.7 Å². The minimum Gasteiger partial charge on any atom is -0.497 e. The Morgan fingerprint density at radius 1 is 1.28 bits per heavy atom. The van der Waals surface area contributed by atoms with Gasteiger partial charge in [-0.25, -0.2) is 0 Å². The number of halogens is 1. The molecule has 5 heteroatoms. The molecule has 0 heterocycles. The van der Waals surface area contributed by atoms with Crippen LogP contribution < -0.4 is 15.2 Å². The molecule has 104 valence electrons. The van der Waals surface area contributed by atoms with Crippen molar-refractivity contribution in [3.63, 3.8) is 0 Å². The lowest BCUT2D eigenvalue weighted by atomic mass is 9.98. The van der Waals surface area contributed by atoms with Crippen LogP contribution in [-0.2, 0) is 0 Å². The summed E-state index contributed by atoms with van der Waals surface area (Å²) in [6.45, 7) is 2.02. The van der Waals surface area contributed by atoms with Crippen LogP contribution in [0.25, 0.3) is 0 Å². The molecule has 0 fully saturated rings. The normalized spacial score (nSPS) is 13.4. The molecule has 0 aliphatic carbocycles. The highest BCUT2D eigenvalue weighted by atomic mass is 35.5. The van der Waals surface area contributed by atoms with Gasteiger partial charge in [-0.3, -0.25) is 0 Å². The van der Waals surface area contributed by atoms with Crippen LogP contribution in [0.4, 0.5) is 0 Å². The van der Waals surface area contributed by atoms with E-state index in [9.17, 15) is 5.11 Å². The van der Waals surface area contributed by atoms with Gasteiger partial charge in [0.15, 0.2) is 0 Å². The van der Waals surface area contributed by atoms with Gasteiger partial charge in [-0.1, -0.05) is 13.3 Å². The van der Waals surface area contributed by atoms with Crippen LogP contribution in [0.3, 0.4) is 0 Å². The molecule has 3 N–H and O–H groups in total. The number of methoxy groups -OCH3 is 2. The third-order valence-corrected chi connectivity index (χ3v) is 2.80. The fourth-order valence-electron chi connectivity index (χ4n) is 1.78. The monoisotopic (exact) mass is 275 g/mol. The van der Waals surface area contributed by atoms with Gasteiger partial charge in [0, 0.05) is 11.6 Å². The first kappa shape index (κ1) is 17.0. The molecule has 0 saturated heterocycles. The highest BCUT2D eigenvalue weighted by molar-refractivity contribution is 5.85. The summed E-state index contributed by atoms with van der Waals surface area (Å²) < 4.78 is 10.4. The molecule has 1 aromatic carbocycles. The molecule has 0 spiro atoms. The summed E-state index contributed by atoms with van der Waals surface area (Å²) in [6.07, 6.45) is 1.02. The maximum Gasteiger partial charge on any atom is 0.127 e. The van der Waals surface area contributed by atoms with E-state index in [1.807, 2.05) is 19.1 Å². The number of benzene rings is 1. The van der Waals surface area contributed by atoms with Gasteiger partial charge in [0.05, 0.1) is 26.4 Å². The average molecular weight is 276 g/mol. The Morgan fingerprint density at radius 2 is 1.94 bits per heavy atom. The van der Waals surface area contributed by atoms with E-state index in [0.29, 0.717) is 17.9 Å². The Bertz CT molecular complexity index is 360. The van der Waals surface area contributed by atoms with Gasteiger partial charge in [0.2, 0.25) is 0 Å². The predicted molar refractivity (Wildman–Crippen MR) is 74.6 cm³/mol. The summed E-state index contributed by atoms with van der Waals surface area (Å²) in [7, 11) is 3.18. The van der Waals surface area contributed by atoms with E-state index >= 15 is 0 Å². The van der Waals surface area contributed by atoms with Gasteiger partial charge in [-0.05, 0) is 18.6 Å². The van der Waals surface area contributed by atoms with Gasteiger partial charge >= 0.3 is 0 Å². The second-order valence-corrected chi connectivity index (χ2v) is 3.99. The lowest BCUT2D eigenvalue weighted by Gasteiger charge is -2.21. The minimum absolute atomic E-state index is 0. The number of ether oxygens (including phenoxy) is 2. The van der Waals surface area contributed by atoms with Gasteiger partial charge in [0.25, 0.3) is 0 Å². The Balaban J connectivity index is 0.00000289. The highest BCUT2D eigenvalue weighted by Gasteiger charge is 2.19. The van der Waals surface area contributed by atoms with Crippen LogP contribution in [0, 0.1) is 0 Å². The van der Waals surface area contributed by atoms with Gasteiger partial charge in [-0.2, -0.15) is 0 Å². The zero-order chi connectivity index (χ0) is 12.8. The van der Waals surface area contributed by atoms with Crippen LogP contribution in [0.15, 0.2) is 18.2 Å². The van der Waals surface area contributed by atoms with Crippen LogP contribution in [0.1, 0.15) is 31.4 Å². The Labute approximate surface area is 115 Å². The van der Waals surface area contributed by atoms with Crippen LogP contribution >= 0.6 is 12.4 Å². The van der Waals surface area contributed by atoms with Crippen molar-refractivity contribution in [2.45, 2.75) is 31.9 Å². The summed E-state index contributed by atoms with van der Waals surface area (Å²) in [5.74, 6) is 1.36. The van der Waals surface area contributed by atoms with Crippen molar-refractivity contribution in [2.75, 3.05) is 14.2 Å². The zero-order valence-corrected chi connectivity index (χ0v) is 11.9. The van der Waals surface area contributed by atoms with Crippen molar-refractivity contribution in [1.29, 1.82) is 0 Å². The van der Waals surface area contributed by atoms with Gasteiger partial charge < -0.3 is 20.3 Å². The van der Waals surface area contributed by atoms with Crippen molar-refractivity contribution < 1.29 is 14.6 Å². The third kappa shape index (κ3) is 4.05. The molecule has 0 radical (unpaired) electrons. The summed E-state index contributed by atoms with van der Waals surface area (Å²) in [6, 6.07) is 4.99. The fraction of sp³-hybridized carbons (Fsp3) is 0.538. The van der Waals surface area contributed by atoms with E-state index in [0.717, 1.165) is 12.0 Å². The maximum absolute atomic E-state index is 9.91. The first-order valence-electron chi connectivity index (χ1n) is 5.79. The second kappa shape index (κ2) is 8.19. The molecule has 1 rings (SSSR count). The second-order valence-electron chi connectivity index (χ2n) is 3.99. The first-order valence-corrected chi connectivity index (χ1v) is 5.79. The van der Waals surface area contributed by atoms with E-state index in [2.05, 4.69) is 0 Å². The van der Waals surface area contributed by atoms with Crippen molar-refractivity contribution >= 4 is 12.4 Å². The van der Waals surface area contributed by atoms with Crippen LogP contribution in [0.5, 0.6) is 11.5 Å². The zero-order valence-electron chi connectivity index (χ0n) is 11.1. The molecule has 0 unspecified atom stereocenters. The molecule has 4 nitrogen and oxygen atoms in total. The quantitative estimate of drug-likeness (QED) is 0.836. The number of aliphatic hydroxyl groups is 1. The molecule has 0 aliphatic heterocycles. The molecule has 0 saturated carbocycles. The summed E-state index contributed by atoms with van der Waals surface area (Å²) in [5, 5.41) is 9.91. The van der Waals surface area contributed by atoms with Crippen LogP contribution in [-0.4, -0.2) is 25.4 Å². The number of hydrogen-bond donors (Lipinski definition) is 2. The molecule has 18 heavy (non-hydrogen) atoms. The van der Waals surface area contributed by atoms with E-state index < -0.39 is 12.1 Å². The van der Waals surface area contributed by atoms with Gasteiger partial charge in [0.1, 0.15) is 11.5 Å². The maximum atomic E-state index is 9.91. The number of aliphatic hydroxyl groups excluding tert-OH is 1. The smallest absolute Gasteiger partial charge is 0.127 e. The Morgan fingerprint density at radius 3 is 2.44 bits per heavy atom. The molecular formula is C13H22ClNO3. The third-order valence-electron chi connectivity index (χ3n) is 2.80. The lowest BCUT2D eigenvalue weighted by molar-refractivity contribution is 0.133. The highest BCUT2D eigenvalue weighted by Crippen LogP contribution is 2.30. The minimum atomic E-state index is -0.553. The number of rotatable bonds is 6.